The molecule has 0 unspecified atom stereocenters. The molecule has 1 aromatic carbocycles. The average molecular weight is 333 g/mol. The monoisotopic (exact) mass is 333 g/mol. The van der Waals surface area contributed by atoms with Gasteiger partial charge in [-0.2, -0.15) is 0 Å². The zero-order chi connectivity index (χ0) is 16.6. The van der Waals surface area contributed by atoms with Gasteiger partial charge in [0.25, 0.3) is 5.91 Å². The Morgan fingerprint density at radius 2 is 2.04 bits per heavy atom. The van der Waals surface area contributed by atoms with Gasteiger partial charge in [0.15, 0.2) is 0 Å². The highest BCUT2D eigenvalue weighted by Gasteiger charge is 2.40. The molecule has 3 amide bonds. The first-order valence-electron chi connectivity index (χ1n) is 7.41. The first-order chi connectivity index (χ1) is 11.0. The van der Waals surface area contributed by atoms with Crippen LogP contribution in [0.25, 0.3) is 0 Å². The molecule has 3 N–H and O–H groups in total. The molecule has 0 radical (unpaired) electrons. The largest absolute Gasteiger partial charge is 0.392 e. The van der Waals surface area contributed by atoms with Crippen molar-refractivity contribution in [2.75, 3.05) is 19.3 Å². The van der Waals surface area contributed by atoms with Gasteiger partial charge in [0.1, 0.15) is 0 Å². The van der Waals surface area contributed by atoms with Gasteiger partial charge < -0.3 is 20.6 Å². The molecule has 23 heavy (non-hydrogen) atoms. The lowest BCUT2D eigenvalue weighted by atomic mass is 9.96. The van der Waals surface area contributed by atoms with Crippen LogP contribution < -0.4 is 10.6 Å². The number of hydrogen-bond donors (Lipinski definition) is 3. The Balaban J connectivity index is 1.92. The molecule has 2 aliphatic rings. The quantitative estimate of drug-likeness (QED) is 0.724. The van der Waals surface area contributed by atoms with Crippen molar-refractivity contribution in [3.63, 3.8) is 0 Å². The number of nitrogens with zero attached hydrogens (tertiary/aromatic N) is 1. The van der Waals surface area contributed by atoms with Crippen molar-refractivity contribution in [1.82, 2.24) is 15.5 Å². The van der Waals surface area contributed by atoms with Crippen LogP contribution in [0.4, 0.5) is 4.79 Å². The van der Waals surface area contributed by atoms with Crippen LogP contribution >= 0.6 is 11.8 Å². The van der Waals surface area contributed by atoms with E-state index in [4.69, 9.17) is 0 Å². The molecule has 122 valence electrons. The lowest BCUT2D eigenvalue weighted by molar-refractivity contribution is -0.126. The van der Waals surface area contributed by atoms with Crippen LogP contribution in [0.5, 0.6) is 0 Å². The minimum Gasteiger partial charge on any atom is -0.392 e. The van der Waals surface area contributed by atoms with E-state index in [1.807, 2.05) is 30.5 Å². The summed E-state index contributed by atoms with van der Waals surface area (Å²) in [5.74, 6) is -0.146. The van der Waals surface area contributed by atoms with E-state index in [0.29, 0.717) is 17.8 Å². The molecule has 0 saturated carbocycles. The summed E-state index contributed by atoms with van der Waals surface area (Å²) in [5, 5.41) is 15.1. The zero-order valence-corrected chi connectivity index (χ0v) is 13.8. The van der Waals surface area contributed by atoms with E-state index in [2.05, 4.69) is 10.6 Å². The van der Waals surface area contributed by atoms with E-state index in [1.165, 1.54) is 0 Å². The van der Waals surface area contributed by atoms with E-state index in [1.54, 1.807) is 23.6 Å². The van der Waals surface area contributed by atoms with Gasteiger partial charge in [-0.25, -0.2) is 4.79 Å². The Morgan fingerprint density at radius 3 is 2.65 bits per heavy atom. The number of amides is 3. The minimum atomic E-state index is -0.608. The number of urea groups is 1. The molecule has 1 aromatic rings. The summed E-state index contributed by atoms with van der Waals surface area (Å²) in [6, 6.07) is 7.04. The van der Waals surface area contributed by atoms with Crippen LogP contribution in [-0.2, 0) is 4.79 Å². The second-order valence-corrected chi connectivity index (χ2v) is 6.61. The number of thioether (sulfide) groups is 1. The molecule has 0 saturated heterocycles. The van der Waals surface area contributed by atoms with E-state index in [9.17, 15) is 14.7 Å². The van der Waals surface area contributed by atoms with Crippen molar-refractivity contribution in [3.8, 4) is 0 Å². The van der Waals surface area contributed by atoms with Gasteiger partial charge in [0.2, 0.25) is 0 Å². The standard InChI is InChI=1S/C16H19N3O3S/c1-9(20)7-19-8-12-13(15(19)21)14(18-16(22)17-12)10-3-5-11(23-2)6-4-10/h3-6,9,14,20H,7-8H2,1-2H3,(H2,17,18,22)/t9-,14-/m1/s1. The fraction of sp³-hybridized carbons (Fsp3) is 0.375. The van der Waals surface area contributed by atoms with E-state index in [0.717, 1.165) is 10.5 Å². The number of hydrogen-bond acceptors (Lipinski definition) is 4. The van der Waals surface area contributed by atoms with Crippen molar-refractivity contribution in [3.05, 3.63) is 41.1 Å². The van der Waals surface area contributed by atoms with Crippen molar-refractivity contribution >= 4 is 23.7 Å². The fourth-order valence-corrected chi connectivity index (χ4v) is 3.35. The number of aliphatic hydroxyl groups excluding tert-OH is 1. The summed E-state index contributed by atoms with van der Waals surface area (Å²) >= 11 is 1.64. The number of nitrogens with one attached hydrogen (secondary N) is 2. The smallest absolute Gasteiger partial charge is 0.319 e. The maximum Gasteiger partial charge on any atom is 0.319 e. The Bertz CT molecular complexity index is 670. The number of carbonyl (C=O) groups excluding carboxylic acids is 2. The summed E-state index contributed by atoms with van der Waals surface area (Å²) in [5.41, 5.74) is 2.05. The second kappa shape index (κ2) is 6.25. The summed E-state index contributed by atoms with van der Waals surface area (Å²) in [4.78, 5) is 27.2. The van der Waals surface area contributed by atoms with E-state index in [-0.39, 0.29) is 18.5 Å². The first kappa shape index (κ1) is 15.9. The van der Waals surface area contributed by atoms with Gasteiger partial charge in [0, 0.05) is 11.4 Å². The van der Waals surface area contributed by atoms with Crippen molar-refractivity contribution < 1.29 is 14.7 Å². The van der Waals surface area contributed by atoms with Crippen LogP contribution in [-0.4, -0.2) is 47.4 Å². The minimum absolute atomic E-state index is 0.146. The Kier molecular flexibility index (Phi) is 4.32. The van der Waals surface area contributed by atoms with Gasteiger partial charge in [-0.15, -0.1) is 11.8 Å². The molecule has 3 rings (SSSR count). The highest BCUT2D eigenvalue weighted by Crippen LogP contribution is 2.33. The zero-order valence-electron chi connectivity index (χ0n) is 13.0. The van der Waals surface area contributed by atoms with Crippen LogP contribution in [0.1, 0.15) is 18.5 Å². The highest BCUT2D eigenvalue weighted by atomic mass is 32.2. The molecule has 7 heteroatoms. The molecule has 0 spiro atoms. The van der Waals surface area contributed by atoms with Gasteiger partial charge in [-0.05, 0) is 30.9 Å². The van der Waals surface area contributed by atoms with Gasteiger partial charge in [0.05, 0.1) is 30.0 Å². The molecule has 2 atom stereocenters. The summed E-state index contributed by atoms with van der Waals surface area (Å²) in [6.45, 7) is 2.21. The average Bonchev–Trinajstić information content (AvgIpc) is 2.82. The second-order valence-electron chi connectivity index (χ2n) is 5.73. The first-order valence-corrected chi connectivity index (χ1v) is 8.64. The molecule has 0 aromatic heterocycles. The number of aliphatic hydroxyl groups is 1. The third-order valence-corrected chi connectivity index (χ3v) is 4.70. The van der Waals surface area contributed by atoms with E-state index < -0.39 is 12.1 Å². The van der Waals surface area contributed by atoms with Gasteiger partial charge >= 0.3 is 6.03 Å². The SMILES string of the molecule is CSc1ccc([C@H]2NC(=O)NC3=C2C(=O)N(C[C@@H](C)O)C3)cc1. The van der Waals surface area contributed by atoms with Gasteiger partial charge in [-0.3, -0.25) is 4.79 Å². The maximum atomic E-state index is 12.7. The molecule has 0 bridgehead atoms. The summed E-state index contributed by atoms with van der Waals surface area (Å²) in [6.07, 6.45) is 1.39. The maximum absolute atomic E-state index is 12.7. The number of carbonyl (C=O) groups is 2. The summed E-state index contributed by atoms with van der Waals surface area (Å²) < 4.78 is 0. The van der Waals surface area contributed by atoms with Crippen LogP contribution in [0.3, 0.4) is 0 Å². The molecule has 6 nitrogen and oxygen atoms in total. The van der Waals surface area contributed by atoms with Crippen molar-refractivity contribution in [2.24, 2.45) is 0 Å². The topological polar surface area (TPSA) is 81.7 Å². The van der Waals surface area contributed by atoms with Crippen LogP contribution in [0.2, 0.25) is 0 Å². The molecule has 0 aliphatic carbocycles. The predicted molar refractivity (Wildman–Crippen MR) is 87.9 cm³/mol. The lowest BCUT2D eigenvalue weighted by Gasteiger charge is -2.25. The number of benzene rings is 1. The van der Waals surface area contributed by atoms with Crippen LogP contribution in [0, 0.1) is 0 Å². The van der Waals surface area contributed by atoms with Gasteiger partial charge in [-0.1, -0.05) is 12.1 Å². The third kappa shape index (κ3) is 3.07. The van der Waals surface area contributed by atoms with E-state index >= 15 is 0 Å². The molecular formula is C16H19N3O3S. The Labute approximate surface area is 138 Å². The lowest BCUT2D eigenvalue weighted by Crippen LogP contribution is -2.44. The highest BCUT2D eigenvalue weighted by molar-refractivity contribution is 7.98. The van der Waals surface area contributed by atoms with Crippen molar-refractivity contribution in [1.29, 1.82) is 0 Å². The number of rotatable bonds is 4. The third-order valence-electron chi connectivity index (χ3n) is 3.95. The summed E-state index contributed by atoms with van der Waals surface area (Å²) in [7, 11) is 0. The normalized spacial score (nSPS) is 21.9. The number of β-amino-alcohol motifs (C(OH)–C–C–N with tert-alkyl or cyclic N) is 1. The van der Waals surface area contributed by atoms with Crippen LogP contribution in [0.15, 0.2) is 40.4 Å². The molecular weight excluding hydrogens is 314 g/mol. The molecule has 0 fully saturated rings. The molecule has 2 aliphatic heterocycles. The Hall–Kier alpha value is -1.99. The predicted octanol–water partition coefficient (Wildman–Crippen LogP) is 1.24. The molecule has 2 heterocycles. The van der Waals surface area contributed by atoms with Crippen molar-refractivity contribution in [2.45, 2.75) is 24.0 Å². The fourth-order valence-electron chi connectivity index (χ4n) is 2.94. The Morgan fingerprint density at radius 1 is 1.35 bits per heavy atom.